The summed E-state index contributed by atoms with van der Waals surface area (Å²) in [4.78, 5) is 20.5. The third kappa shape index (κ3) is 5.91. The minimum atomic E-state index is -4.34. The molecular formula is C25H30N5O8P. The van der Waals surface area contributed by atoms with E-state index in [1.165, 1.54) is 30.0 Å². The van der Waals surface area contributed by atoms with Crippen LogP contribution in [0.1, 0.15) is 27.0 Å². The molecule has 6 atom stereocenters. The Morgan fingerprint density at radius 2 is 2.00 bits per heavy atom. The van der Waals surface area contributed by atoms with E-state index >= 15 is 0 Å². The molecule has 39 heavy (non-hydrogen) atoms. The summed E-state index contributed by atoms with van der Waals surface area (Å²) in [5.74, 6) is 2.03. The Morgan fingerprint density at radius 3 is 2.67 bits per heavy atom. The van der Waals surface area contributed by atoms with E-state index < -0.39 is 56.5 Å². The molecular weight excluding hydrogens is 529 g/mol. The third-order valence-corrected chi connectivity index (χ3v) is 7.58. The van der Waals surface area contributed by atoms with Crippen molar-refractivity contribution >= 4 is 30.6 Å². The van der Waals surface area contributed by atoms with Crippen LogP contribution in [0.4, 0.5) is 5.82 Å². The van der Waals surface area contributed by atoms with Crippen molar-refractivity contribution < 1.29 is 38.1 Å². The monoisotopic (exact) mass is 559 g/mol. The van der Waals surface area contributed by atoms with Crippen molar-refractivity contribution in [1.82, 2.24) is 19.6 Å². The summed E-state index contributed by atoms with van der Waals surface area (Å²) in [6.07, 6.45) is 3.75. The number of aliphatic hydroxyl groups excluding tert-OH is 2. The number of carbonyl (C=O) groups excluding carboxylic acids is 1. The Kier molecular flexibility index (Phi) is 8.27. The van der Waals surface area contributed by atoms with Gasteiger partial charge in [-0.25, -0.2) is 14.5 Å². The predicted octanol–water partition coefficient (Wildman–Crippen LogP) is 1.77. The lowest BCUT2D eigenvalue weighted by molar-refractivity contribution is -0.149. The predicted molar refractivity (Wildman–Crippen MR) is 140 cm³/mol. The quantitative estimate of drug-likeness (QED) is 0.161. The van der Waals surface area contributed by atoms with Gasteiger partial charge in [-0.05, 0) is 39.0 Å². The lowest BCUT2D eigenvalue weighted by Gasteiger charge is -2.29. The zero-order valence-corrected chi connectivity index (χ0v) is 22.4. The van der Waals surface area contributed by atoms with Crippen LogP contribution in [0, 0.1) is 12.3 Å². The molecule has 0 saturated carbocycles. The number of fused-ring (bicyclic) bond motifs is 1. The minimum absolute atomic E-state index is 0.175. The summed E-state index contributed by atoms with van der Waals surface area (Å²) >= 11 is 0. The number of hydrogen-bond donors (Lipinski definition) is 4. The van der Waals surface area contributed by atoms with Gasteiger partial charge in [0.25, 0.3) is 0 Å². The normalized spacial score (nSPS) is 25.2. The lowest BCUT2D eigenvalue weighted by atomic mass is 9.97. The number of nitrogen functional groups attached to an aromatic ring is 1. The van der Waals surface area contributed by atoms with Crippen LogP contribution in [0.15, 0.2) is 48.9 Å². The lowest BCUT2D eigenvalue weighted by Crippen LogP contribution is -2.46. The average Bonchev–Trinajstić information content (AvgIpc) is 3.43. The number of terminal acetylenes is 1. The van der Waals surface area contributed by atoms with E-state index in [2.05, 4.69) is 21.0 Å². The van der Waals surface area contributed by atoms with E-state index in [0.717, 1.165) is 0 Å². The van der Waals surface area contributed by atoms with Crippen molar-refractivity contribution in [3.63, 3.8) is 0 Å². The molecule has 1 aromatic carbocycles. The van der Waals surface area contributed by atoms with Gasteiger partial charge in [-0.3, -0.25) is 9.32 Å². The van der Waals surface area contributed by atoms with Crippen LogP contribution >= 0.6 is 7.75 Å². The second-order valence-corrected chi connectivity index (χ2v) is 10.9. The van der Waals surface area contributed by atoms with E-state index in [9.17, 15) is 19.6 Å². The molecule has 4 rings (SSSR count). The number of aromatic nitrogens is 3. The third-order valence-electron chi connectivity index (χ3n) is 5.96. The Hall–Kier alpha value is -3.50. The summed E-state index contributed by atoms with van der Waals surface area (Å²) in [7, 11) is -4.34. The first-order valence-electron chi connectivity index (χ1n) is 12.0. The molecule has 0 spiro atoms. The molecule has 14 heteroatoms. The molecule has 0 radical (unpaired) electrons. The molecule has 3 heterocycles. The van der Waals surface area contributed by atoms with E-state index in [1.54, 1.807) is 44.3 Å². The van der Waals surface area contributed by atoms with Crippen molar-refractivity contribution in [2.75, 3.05) is 12.3 Å². The number of rotatable bonds is 10. The van der Waals surface area contributed by atoms with E-state index in [-0.39, 0.29) is 11.6 Å². The molecule has 5 N–H and O–H groups in total. The maximum atomic E-state index is 13.8. The zero-order valence-electron chi connectivity index (χ0n) is 21.5. The highest BCUT2D eigenvalue weighted by atomic mass is 31.2. The number of aliphatic hydroxyl groups is 2. The van der Waals surface area contributed by atoms with Gasteiger partial charge in [-0.15, -0.1) is 6.42 Å². The highest BCUT2D eigenvalue weighted by Gasteiger charge is 2.56. The molecule has 0 bridgehead atoms. The number of benzene rings is 1. The summed E-state index contributed by atoms with van der Waals surface area (Å²) in [5.41, 5.74) is 4.28. The number of nitrogens with two attached hydrogens (primary N) is 1. The fraction of sp³-hybridized carbons (Fsp3) is 0.400. The molecule has 2 aromatic heterocycles. The van der Waals surface area contributed by atoms with Gasteiger partial charge in [0.1, 0.15) is 48.4 Å². The smallest absolute Gasteiger partial charge is 0.459 e. The average molecular weight is 560 g/mol. The van der Waals surface area contributed by atoms with Gasteiger partial charge in [0, 0.05) is 6.20 Å². The van der Waals surface area contributed by atoms with E-state index in [0.29, 0.717) is 11.0 Å². The van der Waals surface area contributed by atoms with Crippen LogP contribution in [0.25, 0.3) is 11.0 Å². The molecule has 2 unspecified atom stereocenters. The SMILES string of the molecule is C#C[C@]1(CO[P@@](=O)(N[C@@H](C)C(=O)OC(C)C)Oc2ccccc2)O[C@@H](n2ccc3c(N)ncnc32)C(O)C1O. The number of ether oxygens (including phenoxy) is 2. The van der Waals surface area contributed by atoms with Crippen molar-refractivity contribution in [3.8, 4) is 18.1 Å². The number of nitrogens with one attached hydrogen (secondary N) is 1. The van der Waals surface area contributed by atoms with Gasteiger partial charge >= 0.3 is 13.7 Å². The maximum Gasteiger partial charge on any atom is 0.459 e. The van der Waals surface area contributed by atoms with E-state index in [4.69, 9.17) is 30.7 Å². The fourth-order valence-corrected chi connectivity index (χ4v) is 5.52. The minimum Gasteiger partial charge on any atom is -0.462 e. The number of hydrogen-bond acceptors (Lipinski definition) is 11. The van der Waals surface area contributed by atoms with Crippen LogP contribution < -0.4 is 15.3 Å². The molecule has 1 saturated heterocycles. The van der Waals surface area contributed by atoms with Gasteiger partial charge in [-0.1, -0.05) is 24.1 Å². The second kappa shape index (κ2) is 11.3. The van der Waals surface area contributed by atoms with Crippen LogP contribution in [0.5, 0.6) is 5.75 Å². The summed E-state index contributed by atoms with van der Waals surface area (Å²) in [6.45, 7) is 4.09. The fourth-order valence-electron chi connectivity index (χ4n) is 4.00. The van der Waals surface area contributed by atoms with Crippen LogP contribution in [0.3, 0.4) is 0 Å². The first kappa shape index (κ1) is 28.5. The van der Waals surface area contributed by atoms with Gasteiger partial charge in [0.2, 0.25) is 0 Å². The molecule has 1 fully saturated rings. The Balaban J connectivity index is 1.59. The molecule has 3 aromatic rings. The number of para-hydroxylation sites is 1. The molecule has 0 aliphatic carbocycles. The first-order chi connectivity index (χ1) is 18.5. The zero-order chi connectivity index (χ0) is 28.4. The largest absolute Gasteiger partial charge is 0.462 e. The highest BCUT2D eigenvalue weighted by molar-refractivity contribution is 7.52. The number of carbonyl (C=O) groups is 1. The van der Waals surface area contributed by atoms with Crippen molar-refractivity contribution in [3.05, 3.63) is 48.9 Å². The highest BCUT2D eigenvalue weighted by Crippen LogP contribution is 2.48. The van der Waals surface area contributed by atoms with Crippen molar-refractivity contribution in [1.29, 1.82) is 0 Å². The summed E-state index contributed by atoms with van der Waals surface area (Å²) in [6, 6.07) is 8.64. The summed E-state index contributed by atoms with van der Waals surface area (Å²) in [5, 5.41) is 24.9. The number of nitrogens with zero attached hydrogens (tertiary/aromatic N) is 3. The molecule has 208 valence electrons. The van der Waals surface area contributed by atoms with Crippen LogP contribution in [-0.2, 0) is 23.4 Å². The number of anilines is 1. The first-order valence-corrected chi connectivity index (χ1v) is 13.6. The van der Waals surface area contributed by atoms with Crippen molar-refractivity contribution in [2.45, 2.75) is 57.0 Å². The van der Waals surface area contributed by atoms with Crippen LogP contribution in [-0.4, -0.2) is 67.3 Å². The van der Waals surface area contributed by atoms with Crippen molar-refractivity contribution in [2.24, 2.45) is 0 Å². The van der Waals surface area contributed by atoms with Gasteiger partial charge < -0.3 is 34.5 Å². The second-order valence-electron chi connectivity index (χ2n) is 9.21. The Labute approximate surface area is 224 Å². The van der Waals surface area contributed by atoms with Gasteiger partial charge in [0.05, 0.1) is 11.5 Å². The number of esters is 1. The Bertz CT molecular complexity index is 1410. The summed E-state index contributed by atoms with van der Waals surface area (Å²) < 4.78 is 37.7. The standard InChI is InChI=1S/C25H30N5O8P/c1-5-25(20(32)19(31)23(37-25)30-12-11-18-21(26)27-14-28-22(18)30)13-35-39(34,38-17-9-7-6-8-10-17)29-16(4)24(33)36-15(2)3/h1,6-12,14-16,19-20,23,31-32H,13H2,2-4H3,(H,29,34)(H2,26,27,28)/t16-,19?,20?,23+,25+,39-/m0/s1. The topological polar surface area (TPSA) is 180 Å². The van der Waals surface area contributed by atoms with Gasteiger partial charge in [0.15, 0.2) is 11.8 Å². The molecule has 1 aliphatic rings. The van der Waals surface area contributed by atoms with E-state index in [1.807, 2.05) is 0 Å². The maximum absolute atomic E-state index is 13.8. The molecule has 0 amide bonds. The Morgan fingerprint density at radius 1 is 1.28 bits per heavy atom. The van der Waals surface area contributed by atoms with Crippen LogP contribution in [0.2, 0.25) is 0 Å². The van der Waals surface area contributed by atoms with Gasteiger partial charge in [-0.2, -0.15) is 5.09 Å². The molecule has 13 nitrogen and oxygen atoms in total. The molecule has 1 aliphatic heterocycles.